The largest absolute Gasteiger partial charge is 0.375 e. The van der Waals surface area contributed by atoms with Crippen LogP contribution in [-0.4, -0.2) is 15.8 Å². The molecule has 0 unspecified atom stereocenters. The van der Waals surface area contributed by atoms with Crippen LogP contribution in [0.5, 0.6) is 0 Å². The number of nitrogens with one attached hydrogen (secondary N) is 1. The molecule has 1 heterocycles. The second-order valence-electron chi connectivity index (χ2n) is 7.67. The zero-order valence-electron chi connectivity index (χ0n) is 13.2. The van der Waals surface area contributed by atoms with Crippen molar-refractivity contribution in [1.82, 2.24) is 9.78 Å². The third-order valence-corrected chi connectivity index (χ3v) is 6.25. The fraction of sp³-hybridized carbons (Fsp3) is 0.750. The van der Waals surface area contributed by atoms with Crippen molar-refractivity contribution in [3.63, 3.8) is 0 Å². The molecule has 0 radical (unpaired) electrons. The summed E-state index contributed by atoms with van der Waals surface area (Å²) < 4.78 is 1.57. The minimum absolute atomic E-state index is 0.0899. The van der Waals surface area contributed by atoms with E-state index in [1.165, 1.54) is 19.3 Å². The number of hydrogen-bond donors (Lipinski definition) is 1. The topological polar surface area (TPSA) is 46.9 Å². The van der Waals surface area contributed by atoms with Crippen molar-refractivity contribution >= 4 is 17.3 Å². The highest BCUT2D eigenvalue weighted by Crippen LogP contribution is 2.63. The maximum Gasteiger partial charge on any atom is 0.291 e. The Hall–Kier alpha value is -1.03. The lowest BCUT2D eigenvalue weighted by atomic mass is 9.85. The first-order valence-electron chi connectivity index (χ1n) is 7.77. The van der Waals surface area contributed by atoms with Crippen LogP contribution in [0.1, 0.15) is 47.0 Å². The summed E-state index contributed by atoms with van der Waals surface area (Å²) >= 11 is 6.21. The van der Waals surface area contributed by atoms with Crippen LogP contribution in [-0.2, 0) is 6.54 Å². The van der Waals surface area contributed by atoms with Gasteiger partial charge in [0.15, 0.2) is 0 Å². The first kappa shape index (κ1) is 14.9. The van der Waals surface area contributed by atoms with Gasteiger partial charge >= 0.3 is 0 Å². The molecule has 5 heteroatoms. The van der Waals surface area contributed by atoms with Crippen LogP contribution >= 0.6 is 11.6 Å². The molecule has 2 saturated carbocycles. The van der Waals surface area contributed by atoms with E-state index >= 15 is 0 Å². The Bertz CT molecular complexity index is 602. The predicted molar refractivity (Wildman–Crippen MR) is 85.8 cm³/mol. The molecule has 0 aliphatic heterocycles. The van der Waals surface area contributed by atoms with Crippen molar-refractivity contribution in [3.05, 3.63) is 21.6 Å². The molecule has 0 saturated heterocycles. The highest BCUT2D eigenvalue weighted by molar-refractivity contribution is 6.33. The first-order valence-corrected chi connectivity index (χ1v) is 8.15. The second-order valence-corrected chi connectivity index (χ2v) is 8.08. The predicted octanol–water partition coefficient (Wildman–Crippen LogP) is 3.54. The zero-order chi connectivity index (χ0) is 15.4. The van der Waals surface area contributed by atoms with Crippen molar-refractivity contribution in [2.45, 2.75) is 59.5 Å². The van der Waals surface area contributed by atoms with E-state index in [1.807, 2.05) is 0 Å². The van der Waals surface area contributed by atoms with Crippen molar-refractivity contribution in [1.29, 1.82) is 0 Å². The van der Waals surface area contributed by atoms with Gasteiger partial charge in [-0.05, 0) is 29.6 Å². The lowest BCUT2D eigenvalue weighted by molar-refractivity contribution is 0.262. The van der Waals surface area contributed by atoms with Gasteiger partial charge in [-0.3, -0.25) is 4.79 Å². The number of rotatable bonds is 4. The fourth-order valence-electron chi connectivity index (χ4n) is 3.35. The monoisotopic (exact) mass is 309 g/mol. The van der Waals surface area contributed by atoms with E-state index in [4.69, 9.17) is 11.6 Å². The second kappa shape index (κ2) is 4.73. The molecule has 3 rings (SSSR count). The Labute approximate surface area is 130 Å². The summed E-state index contributed by atoms with van der Waals surface area (Å²) in [5.41, 5.74) is 0.734. The fourth-order valence-corrected chi connectivity index (χ4v) is 3.53. The number of hydrogen-bond acceptors (Lipinski definition) is 3. The van der Waals surface area contributed by atoms with Gasteiger partial charge in [-0.15, -0.1) is 0 Å². The van der Waals surface area contributed by atoms with E-state index in [0.29, 0.717) is 23.2 Å². The summed E-state index contributed by atoms with van der Waals surface area (Å²) in [5.74, 6) is 0.595. The van der Waals surface area contributed by atoms with E-state index in [0.717, 1.165) is 0 Å². The molecular weight excluding hydrogens is 286 g/mol. The standard InChI is InChI=1S/C16H24ClN3O/c1-15(2)14(16(15,3)4)19-12-11(17)8-18-20(13(12)21)9-10-6-5-7-10/h8,10,14,19H,5-7,9H2,1-4H3. The molecule has 1 aromatic heterocycles. The van der Waals surface area contributed by atoms with Crippen molar-refractivity contribution < 1.29 is 0 Å². The molecule has 0 aromatic carbocycles. The van der Waals surface area contributed by atoms with Gasteiger partial charge < -0.3 is 5.32 Å². The molecular formula is C16H24ClN3O. The van der Waals surface area contributed by atoms with Crippen LogP contribution in [0.25, 0.3) is 0 Å². The molecule has 21 heavy (non-hydrogen) atoms. The average Bonchev–Trinajstić information content (AvgIpc) is 2.72. The molecule has 116 valence electrons. The molecule has 0 atom stereocenters. The van der Waals surface area contributed by atoms with Crippen LogP contribution in [0.2, 0.25) is 5.02 Å². The highest BCUT2D eigenvalue weighted by atomic mass is 35.5. The van der Waals surface area contributed by atoms with E-state index in [9.17, 15) is 4.79 Å². The summed E-state index contributed by atoms with van der Waals surface area (Å²) in [4.78, 5) is 12.6. The summed E-state index contributed by atoms with van der Waals surface area (Å²) in [5, 5.41) is 7.99. The summed E-state index contributed by atoms with van der Waals surface area (Å²) in [7, 11) is 0. The lowest BCUT2D eigenvalue weighted by Gasteiger charge is -2.25. The molecule has 1 N–H and O–H groups in total. The lowest BCUT2D eigenvalue weighted by Crippen LogP contribution is -2.31. The van der Waals surface area contributed by atoms with E-state index in [2.05, 4.69) is 38.1 Å². The van der Waals surface area contributed by atoms with Crippen LogP contribution < -0.4 is 10.9 Å². The normalized spacial score (nSPS) is 23.7. The molecule has 4 nitrogen and oxygen atoms in total. The molecule has 0 bridgehead atoms. The van der Waals surface area contributed by atoms with Gasteiger partial charge in [0.2, 0.25) is 0 Å². The van der Waals surface area contributed by atoms with Gasteiger partial charge in [-0.1, -0.05) is 45.7 Å². The van der Waals surface area contributed by atoms with Crippen molar-refractivity contribution in [2.75, 3.05) is 5.32 Å². The van der Waals surface area contributed by atoms with Gasteiger partial charge in [0.1, 0.15) is 5.69 Å². The maximum atomic E-state index is 12.6. The van der Waals surface area contributed by atoms with Crippen molar-refractivity contribution in [2.24, 2.45) is 16.7 Å². The minimum Gasteiger partial charge on any atom is -0.375 e. The van der Waals surface area contributed by atoms with Gasteiger partial charge in [0.05, 0.1) is 11.2 Å². The highest BCUT2D eigenvalue weighted by Gasteiger charge is 2.65. The average molecular weight is 310 g/mol. The smallest absolute Gasteiger partial charge is 0.291 e. The third-order valence-electron chi connectivity index (χ3n) is 5.96. The number of nitrogens with zero attached hydrogens (tertiary/aromatic N) is 2. The molecule has 2 aliphatic carbocycles. The Balaban J connectivity index is 1.85. The molecule has 0 amide bonds. The van der Waals surface area contributed by atoms with Crippen LogP contribution in [0.4, 0.5) is 5.69 Å². The number of aromatic nitrogens is 2. The zero-order valence-corrected chi connectivity index (χ0v) is 14.0. The van der Waals surface area contributed by atoms with Crippen molar-refractivity contribution in [3.8, 4) is 0 Å². The Morgan fingerprint density at radius 3 is 2.43 bits per heavy atom. The Morgan fingerprint density at radius 1 is 1.33 bits per heavy atom. The number of halogens is 1. The molecule has 0 spiro atoms. The summed E-state index contributed by atoms with van der Waals surface area (Å²) in [6, 6.07) is 0.259. The van der Waals surface area contributed by atoms with E-state index in [1.54, 1.807) is 10.9 Å². The van der Waals surface area contributed by atoms with Gasteiger partial charge in [-0.2, -0.15) is 5.10 Å². The Morgan fingerprint density at radius 2 is 1.95 bits per heavy atom. The van der Waals surface area contributed by atoms with E-state index < -0.39 is 0 Å². The molecule has 1 aromatic rings. The van der Waals surface area contributed by atoms with Gasteiger partial charge in [-0.25, -0.2) is 4.68 Å². The maximum absolute atomic E-state index is 12.6. The van der Waals surface area contributed by atoms with Gasteiger partial charge in [0, 0.05) is 12.6 Å². The SMILES string of the molecule is CC1(C)C(Nc2c(Cl)cnn(CC3CCC3)c2=O)C1(C)C. The van der Waals surface area contributed by atoms with Crippen LogP contribution in [0.15, 0.2) is 11.0 Å². The van der Waals surface area contributed by atoms with E-state index in [-0.39, 0.29) is 22.4 Å². The molecule has 2 fully saturated rings. The minimum atomic E-state index is -0.0899. The Kier molecular flexibility index (Phi) is 3.36. The number of anilines is 1. The van der Waals surface area contributed by atoms with Crippen LogP contribution in [0.3, 0.4) is 0 Å². The third kappa shape index (κ3) is 2.28. The van der Waals surface area contributed by atoms with Gasteiger partial charge in [0.25, 0.3) is 5.56 Å². The summed E-state index contributed by atoms with van der Waals surface area (Å²) in [6.45, 7) is 9.57. The molecule has 2 aliphatic rings. The quantitative estimate of drug-likeness (QED) is 0.925. The first-order chi connectivity index (χ1) is 9.75. The van der Waals surface area contributed by atoms with Crippen LogP contribution in [0, 0.1) is 16.7 Å². The summed E-state index contributed by atoms with van der Waals surface area (Å²) in [6.07, 6.45) is 5.25.